The van der Waals surface area contributed by atoms with E-state index in [-0.39, 0.29) is 19.1 Å². The zero-order valence-electron chi connectivity index (χ0n) is 16.0. The molecule has 4 rings (SSSR count). The van der Waals surface area contributed by atoms with Gasteiger partial charge in [-0.05, 0) is 39.9 Å². The van der Waals surface area contributed by atoms with Gasteiger partial charge in [-0.2, -0.15) is 0 Å². The molecule has 0 heterocycles. The first-order chi connectivity index (χ1) is 14.5. The molecule has 0 saturated heterocycles. The number of nitrogens with one attached hydrogen (secondary N) is 1. The van der Waals surface area contributed by atoms with Crippen molar-refractivity contribution in [2.24, 2.45) is 0 Å². The molecule has 1 amide bonds. The number of ether oxygens (including phenoxy) is 1. The first kappa shape index (κ1) is 19.6. The van der Waals surface area contributed by atoms with Crippen LogP contribution in [0.5, 0.6) is 0 Å². The van der Waals surface area contributed by atoms with E-state index in [1.807, 2.05) is 48.5 Å². The summed E-state index contributed by atoms with van der Waals surface area (Å²) in [7, 11) is 0. The van der Waals surface area contributed by atoms with Crippen LogP contribution in [0.25, 0.3) is 11.1 Å². The molecule has 2 N–H and O–H groups in total. The number of carbonyl (C=O) groups excluding carboxylic acids is 1. The number of fused-ring (bicyclic) bond motifs is 3. The van der Waals surface area contributed by atoms with Crippen LogP contribution in [0, 0.1) is 5.82 Å². The Bertz CT molecular complexity index is 1040. The fourth-order valence-corrected chi connectivity index (χ4v) is 3.88. The first-order valence-corrected chi connectivity index (χ1v) is 9.61. The highest BCUT2D eigenvalue weighted by Crippen LogP contribution is 2.44. The van der Waals surface area contributed by atoms with Gasteiger partial charge in [0.2, 0.25) is 0 Å². The smallest absolute Gasteiger partial charge is 0.407 e. The summed E-state index contributed by atoms with van der Waals surface area (Å²) in [6, 6.07) is 21.2. The van der Waals surface area contributed by atoms with Gasteiger partial charge >= 0.3 is 12.1 Å². The van der Waals surface area contributed by atoms with Crippen molar-refractivity contribution in [2.75, 3.05) is 13.2 Å². The molecule has 30 heavy (non-hydrogen) atoms. The van der Waals surface area contributed by atoms with Gasteiger partial charge in [-0.25, -0.2) is 9.18 Å². The molecule has 152 valence electrons. The van der Waals surface area contributed by atoms with Crippen LogP contribution in [0.4, 0.5) is 9.18 Å². The van der Waals surface area contributed by atoms with Crippen molar-refractivity contribution in [3.05, 3.63) is 95.3 Å². The Kier molecular flexibility index (Phi) is 5.48. The summed E-state index contributed by atoms with van der Waals surface area (Å²) in [5.74, 6) is -2.63. The minimum Gasteiger partial charge on any atom is -0.481 e. The molecule has 1 aliphatic carbocycles. The molecule has 0 spiro atoms. The zero-order valence-corrected chi connectivity index (χ0v) is 16.0. The number of aliphatic carboxylic acids is 1. The van der Waals surface area contributed by atoms with Gasteiger partial charge in [-0.1, -0.05) is 60.7 Å². The predicted octanol–water partition coefficient (Wildman–Crippen LogP) is 4.53. The molecule has 0 aliphatic heterocycles. The maximum absolute atomic E-state index is 13.1. The number of carboxylic acids is 1. The normalized spacial score (nSPS) is 13.2. The summed E-state index contributed by atoms with van der Waals surface area (Å²) in [6.07, 6.45) is -0.690. The highest BCUT2D eigenvalue weighted by atomic mass is 19.1. The SMILES string of the molecule is O=C(NCC(C(=O)O)c1ccc(F)cc1)OCC1c2ccccc2-c2ccccc21. The largest absolute Gasteiger partial charge is 0.481 e. The Morgan fingerprint density at radius 3 is 2.07 bits per heavy atom. The second-order valence-electron chi connectivity index (χ2n) is 7.15. The Morgan fingerprint density at radius 2 is 1.50 bits per heavy atom. The van der Waals surface area contributed by atoms with Crippen molar-refractivity contribution in [3.63, 3.8) is 0 Å². The van der Waals surface area contributed by atoms with Crippen LogP contribution in [-0.4, -0.2) is 30.3 Å². The third-order valence-electron chi connectivity index (χ3n) is 5.36. The molecule has 1 atom stereocenters. The molecule has 1 aliphatic rings. The van der Waals surface area contributed by atoms with E-state index < -0.39 is 23.8 Å². The number of hydrogen-bond acceptors (Lipinski definition) is 3. The van der Waals surface area contributed by atoms with Crippen LogP contribution < -0.4 is 5.32 Å². The van der Waals surface area contributed by atoms with Gasteiger partial charge in [-0.15, -0.1) is 0 Å². The number of carbonyl (C=O) groups is 2. The van der Waals surface area contributed by atoms with Crippen LogP contribution in [0.1, 0.15) is 28.5 Å². The molecule has 0 bridgehead atoms. The van der Waals surface area contributed by atoms with Gasteiger partial charge in [0.15, 0.2) is 0 Å². The topological polar surface area (TPSA) is 75.6 Å². The van der Waals surface area contributed by atoms with E-state index in [0.29, 0.717) is 5.56 Å². The second-order valence-corrected chi connectivity index (χ2v) is 7.15. The fraction of sp³-hybridized carbons (Fsp3) is 0.167. The van der Waals surface area contributed by atoms with E-state index in [9.17, 15) is 19.1 Å². The molecule has 5 nitrogen and oxygen atoms in total. The van der Waals surface area contributed by atoms with Crippen molar-refractivity contribution in [1.29, 1.82) is 0 Å². The van der Waals surface area contributed by atoms with Crippen LogP contribution in [-0.2, 0) is 9.53 Å². The van der Waals surface area contributed by atoms with Gasteiger partial charge in [0.05, 0.1) is 5.92 Å². The number of benzene rings is 3. The van der Waals surface area contributed by atoms with Crippen molar-refractivity contribution >= 4 is 12.1 Å². The highest BCUT2D eigenvalue weighted by molar-refractivity contribution is 5.79. The number of amides is 1. The maximum atomic E-state index is 13.1. The minimum atomic E-state index is -1.11. The summed E-state index contributed by atoms with van der Waals surface area (Å²) >= 11 is 0. The fourth-order valence-electron chi connectivity index (χ4n) is 3.88. The average molecular weight is 405 g/mol. The Hall–Kier alpha value is -3.67. The van der Waals surface area contributed by atoms with Gasteiger partial charge < -0.3 is 15.2 Å². The van der Waals surface area contributed by atoms with E-state index in [0.717, 1.165) is 22.3 Å². The molecular formula is C24H20FNO4. The molecule has 1 unspecified atom stereocenters. The number of alkyl carbamates (subject to hydrolysis) is 1. The average Bonchev–Trinajstić information content (AvgIpc) is 3.07. The number of halogens is 1. The number of hydrogen-bond donors (Lipinski definition) is 2. The molecule has 0 saturated carbocycles. The lowest BCUT2D eigenvalue weighted by atomic mass is 9.98. The van der Waals surface area contributed by atoms with E-state index in [4.69, 9.17) is 4.74 Å². The highest BCUT2D eigenvalue weighted by Gasteiger charge is 2.29. The van der Waals surface area contributed by atoms with Gasteiger partial charge in [0.1, 0.15) is 12.4 Å². The Balaban J connectivity index is 1.40. The second kappa shape index (κ2) is 8.37. The van der Waals surface area contributed by atoms with Gasteiger partial charge in [-0.3, -0.25) is 4.79 Å². The standard InChI is InChI=1S/C24H20FNO4/c25-16-11-9-15(10-12-16)21(23(27)28)13-26-24(29)30-14-22-19-7-3-1-5-17(19)18-6-2-4-8-20(18)22/h1-12,21-22H,13-14H2,(H,26,29)(H,27,28). The third kappa shape index (κ3) is 3.89. The Labute approximate surface area is 173 Å². The van der Waals surface area contributed by atoms with Crippen molar-refractivity contribution in [2.45, 2.75) is 11.8 Å². The lowest BCUT2D eigenvalue weighted by Crippen LogP contribution is -2.32. The Morgan fingerprint density at radius 1 is 0.933 bits per heavy atom. The van der Waals surface area contributed by atoms with Crippen molar-refractivity contribution in [3.8, 4) is 11.1 Å². The lowest BCUT2D eigenvalue weighted by molar-refractivity contribution is -0.138. The molecule has 0 aromatic heterocycles. The molecule has 0 fully saturated rings. The predicted molar refractivity (Wildman–Crippen MR) is 110 cm³/mol. The monoisotopic (exact) mass is 405 g/mol. The van der Waals surface area contributed by atoms with Crippen molar-refractivity contribution < 1.29 is 23.8 Å². The zero-order chi connectivity index (χ0) is 21.1. The molecule has 0 radical (unpaired) electrons. The van der Waals surface area contributed by atoms with Gasteiger partial charge in [0, 0.05) is 12.5 Å². The van der Waals surface area contributed by atoms with Crippen LogP contribution in [0.15, 0.2) is 72.8 Å². The maximum Gasteiger partial charge on any atom is 0.407 e. The lowest BCUT2D eigenvalue weighted by Gasteiger charge is -2.16. The summed E-state index contributed by atoms with van der Waals surface area (Å²) in [5.41, 5.74) is 4.86. The summed E-state index contributed by atoms with van der Waals surface area (Å²) in [6.45, 7) is -0.00815. The number of rotatable bonds is 6. The van der Waals surface area contributed by atoms with E-state index in [1.54, 1.807) is 0 Å². The van der Waals surface area contributed by atoms with E-state index >= 15 is 0 Å². The van der Waals surface area contributed by atoms with Crippen LogP contribution >= 0.6 is 0 Å². The molecule has 6 heteroatoms. The quantitative estimate of drug-likeness (QED) is 0.632. The van der Waals surface area contributed by atoms with Crippen LogP contribution in [0.2, 0.25) is 0 Å². The van der Waals surface area contributed by atoms with Crippen LogP contribution in [0.3, 0.4) is 0 Å². The summed E-state index contributed by atoms with van der Waals surface area (Å²) in [5, 5.41) is 12.0. The third-order valence-corrected chi connectivity index (χ3v) is 5.36. The van der Waals surface area contributed by atoms with Crippen molar-refractivity contribution in [1.82, 2.24) is 5.32 Å². The van der Waals surface area contributed by atoms with E-state index in [2.05, 4.69) is 5.32 Å². The first-order valence-electron chi connectivity index (χ1n) is 9.61. The molecule has 3 aromatic carbocycles. The summed E-state index contributed by atoms with van der Waals surface area (Å²) in [4.78, 5) is 23.8. The molecule has 3 aromatic rings. The minimum absolute atomic E-state index is 0.0736. The van der Waals surface area contributed by atoms with Gasteiger partial charge in [0.25, 0.3) is 0 Å². The van der Waals surface area contributed by atoms with E-state index in [1.165, 1.54) is 24.3 Å². The summed E-state index contributed by atoms with van der Waals surface area (Å²) < 4.78 is 18.5. The number of carboxylic acid groups (broad SMARTS) is 1. The molecular weight excluding hydrogens is 385 g/mol.